The maximum atomic E-state index is 13.0. The Morgan fingerprint density at radius 2 is 1.81 bits per heavy atom. The smallest absolute Gasteiger partial charge is 0.253 e. The van der Waals surface area contributed by atoms with Crippen LogP contribution in [-0.2, 0) is 22.4 Å². The fourth-order valence-electron chi connectivity index (χ4n) is 4.19. The first-order chi connectivity index (χ1) is 15.3. The third-order valence-corrected chi connectivity index (χ3v) is 6.20. The number of carbonyl (C=O) groups excluding carboxylic acids is 2. The number of hydrogen-bond donors (Lipinski definition) is 5. The Balaban J connectivity index is 1.48. The van der Waals surface area contributed by atoms with Gasteiger partial charge in [-0.2, -0.15) is 0 Å². The number of nitrogens with one attached hydrogen (secondary N) is 2. The van der Waals surface area contributed by atoms with Crippen LogP contribution in [-0.4, -0.2) is 75.5 Å². The lowest BCUT2D eigenvalue weighted by Gasteiger charge is -2.28. The van der Waals surface area contributed by atoms with E-state index < -0.39 is 36.3 Å². The molecule has 2 aliphatic rings. The van der Waals surface area contributed by atoms with Crippen molar-refractivity contribution in [3.05, 3.63) is 64.7 Å². The van der Waals surface area contributed by atoms with Crippen molar-refractivity contribution in [2.45, 2.75) is 43.2 Å². The van der Waals surface area contributed by atoms with Crippen molar-refractivity contribution in [3.8, 4) is 0 Å². The molecule has 2 aromatic rings. The van der Waals surface area contributed by atoms with Crippen LogP contribution >= 0.6 is 11.6 Å². The maximum absolute atomic E-state index is 13.0. The predicted molar refractivity (Wildman–Crippen MR) is 119 cm³/mol. The summed E-state index contributed by atoms with van der Waals surface area (Å²) < 4.78 is 0. The highest BCUT2D eigenvalue weighted by Gasteiger charge is 2.39. The fraction of sp³-hybridized carbons (Fsp3) is 0.391. The third-order valence-electron chi connectivity index (χ3n) is 5.97. The Kier molecular flexibility index (Phi) is 6.66. The molecule has 2 aliphatic heterocycles. The number of rotatable bonds is 6. The van der Waals surface area contributed by atoms with Crippen LogP contribution < -0.4 is 10.6 Å². The molecule has 0 bridgehead atoms. The number of aliphatic hydroxyl groups excluding tert-OH is 3. The normalized spacial score (nSPS) is 23.9. The Labute approximate surface area is 190 Å². The van der Waals surface area contributed by atoms with Crippen LogP contribution in [0.4, 0.5) is 5.69 Å². The minimum absolute atomic E-state index is 0.0662. The number of halogens is 1. The summed E-state index contributed by atoms with van der Waals surface area (Å²) in [5, 5.41) is 36.9. The van der Waals surface area contributed by atoms with Gasteiger partial charge >= 0.3 is 0 Å². The van der Waals surface area contributed by atoms with E-state index in [0.29, 0.717) is 11.4 Å². The van der Waals surface area contributed by atoms with E-state index in [1.54, 1.807) is 12.1 Å². The van der Waals surface area contributed by atoms with E-state index >= 15 is 0 Å². The molecule has 2 aromatic carbocycles. The Morgan fingerprint density at radius 3 is 2.50 bits per heavy atom. The Bertz CT molecular complexity index is 979. The maximum Gasteiger partial charge on any atom is 0.253 e. The number of aliphatic hydroxyl groups is 3. The molecule has 0 spiro atoms. The van der Waals surface area contributed by atoms with Gasteiger partial charge in [0.2, 0.25) is 5.91 Å². The van der Waals surface area contributed by atoms with E-state index in [2.05, 4.69) is 10.6 Å². The number of β-amino-alcohol motifs (C(OH)–C–C–N with tert-alkyl or cyclic N) is 2. The van der Waals surface area contributed by atoms with Crippen molar-refractivity contribution >= 4 is 29.1 Å². The SMILES string of the molecule is O=C(NC(Cc1ccccc1)C(O)C(=O)N1CC(O)C(O)C1)C1Cc2cc(Cl)ccc2N1. The lowest BCUT2D eigenvalue weighted by molar-refractivity contribution is -0.141. The molecule has 170 valence electrons. The topological polar surface area (TPSA) is 122 Å². The molecule has 2 heterocycles. The molecule has 5 unspecified atom stereocenters. The molecule has 4 rings (SSSR count). The summed E-state index contributed by atoms with van der Waals surface area (Å²) in [6, 6.07) is 13.2. The second-order valence-electron chi connectivity index (χ2n) is 8.33. The summed E-state index contributed by atoms with van der Waals surface area (Å²) in [6.07, 6.45) is -2.96. The number of carbonyl (C=O) groups is 2. The Morgan fingerprint density at radius 1 is 1.12 bits per heavy atom. The van der Waals surface area contributed by atoms with Crippen LogP contribution in [0.3, 0.4) is 0 Å². The van der Waals surface area contributed by atoms with E-state index in [1.807, 2.05) is 36.4 Å². The van der Waals surface area contributed by atoms with Crippen molar-refractivity contribution in [2.75, 3.05) is 18.4 Å². The van der Waals surface area contributed by atoms with Crippen LogP contribution in [0.25, 0.3) is 0 Å². The number of amides is 2. The summed E-state index contributed by atoms with van der Waals surface area (Å²) >= 11 is 6.05. The highest BCUT2D eigenvalue weighted by molar-refractivity contribution is 6.30. The molecular weight excluding hydrogens is 434 g/mol. The number of benzene rings is 2. The molecule has 9 heteroatoms. The largest absolute Gasteiger partial charge is 0.388 e. The van der Waals surface area contributed by atoms with Crippen molar-refractivity contribution < 1.29 is 24.9 Å². The van der Waals surface area contributed by atoms with Crippen LogP contribution in [0.15, 0.2) is 48.5 Å². The van der Waals surface area contributed by atoms with Crippen molar-refractivity contribution in [1.29, 1.82) is 0 Å². The summed E-state index contributed by atoms with van der Waals surface area (Å²) in [5.74, 6) is -0.983. The number of likely N-dealkylation sites (tertiary alicyclic amines) is 1. The molecule has 2 amide bonds. The van der Waals surface area contributed by atoms with Crippen LogP contribution in [0.1, 0.15) is 11.1 Å². The molecule has 1 saturated heterocycles. The summed E-state index contributed by atoms with van der Waals surface area (Å²) in [4.78, 5) is 27.1. The molecule has 0 aromatic heterocycles. The van der Waals surface area contributed by atoms with Gasteiger partial charge in [-0.15, -0.1) is 0 Å². The van der Waals surface area contributed by atoms with E-state index in [1.165, 1.54) is 4.90 Å². The summed E-state index contributed by atoms with van der Waals surface area (Å²) in [6.45, 7) is -0.132. The third kappa shape index (κ3) is 4.88. The van der Waals surface area contributed by atoms with Gasteiger partial charge in [-0.25, -0.2) is 0 Å². The summed E-state index contributed by atoms with van der Waals surface area (Å²) in [5.41, 5.74) is 2.60. The molecule has 8 nitrogen and oxygen atoms in total. The highest BCUT2D eigenvalue weighted by atomic mass is 35.5. The molecule has 32 heavy (non-hydrogen) atoms. The minimum Gasteiger partial charge on any atom is -0.388 e. The van der Waals surface area contributed by atoms with E-state index in [9.17, 15) is 24.9 Å². The van der Waals surface area contributed by atoms with Crippen LogP contribution in [0, 0.1) is 0 Å². The average molecular weight is 460 g/mol. The van der Waals surface area contributed by atoms with Gasteiger partial charge in [0.15, 0.2) is 6.10 Å². The molecule has 0 radical (unpaired) electrons. The lowest BCUT2D eigenvalue weighted by Crippen LogP contribution is -2.55. The van der Waals surface area contributed by atoms with Gasteiger partial charge < -0.3 is 30.9 Å². The zero-order valence-electron chi connectivity index (χ0n) is 17.3. The number of hydrogen-bond acceptors (Lipinski definition) is 6. The highest BCUT2D eigenvalue weighted by Crippen LogP contribution is 2.28. The first-order valence-corrected chi connectivity index (χ1v) is 10.9. The van der Waals surface area contributed by atoms with Crippen molar-refractivity contribution in [2.24, 2.45) is 0 Å². The number of anilines is 1. The van der Waals surface area contributed by atoms with Gasteiger partial charge in [-0.1, -0.05) is 41.9 Å². The van der Waals surface area contributed by atoms with Crippen LogP contribution in [0.2, 0.25) is 5.02 Å². The molecular formula is C23H26ClN3O5. The fourth-order valence-corrected chi connectivity index (χ4v) is 4.39. The molecule has 5 N–H and O–H groups in total. The van der Waals surface area contributed by atoms with Crippen LogP contribution in [0.5, 0.6) is 0 Å². The van der Waals surface area contributed by atoms with Gasteiger partial charge in [0.05, 0.1) is 18.2 Å². The molecule has 5 atom stereocenters. The van der Waals surface area contributed by atoms with Gasteiger partial charge in [0.25, 0.3) is 5.91 Å². The minimum atomic E-state index is -1.53. The summed E-state index contributed by atoms with van der Waals surface area (Å²) in [7, 11) is 0. The predicted octanol–water partition coefficient (Wildman–Crippen LogP) is 0.329. The van der Waals surface area contributed by atoms with E-state index in [0.717, 1.165) is 16.8 Å². The zero-order chi connectivity index (χ0) is 22.8. The molecule has 1 fully saturated rings. The quantitative estimate of drug-likeness (QED) is 0.424. The average Bonchev–Trinajstić information content (AvgIpc) is 3.35. The zero-order valence-corrected chi connectivity index (χ0v) is 18.1. The van der Waals surface area contributed by atoms with Gasteiger partial charge in [0, 0.05) is 30.2 Å². The van der Waals surface area contributed by atoms with Gasteiger partial charge in [-0.3, -0.25) is 9.59 Å². The Hall–Kier alpha value is -2.65. The first kappa shape index (κ1) is 22.5. The monoisotopic (exact) mass is 459 g/mol. The van der Waals surface area contributed by atoms with E-state index in [4.69, 9.17) is 11.6 Å². The van der Waals surface area contributed by atoms with Crippen molar-refractivity contribution in [3.63, 3.8) is 0 Å². The standard InChI is InChI=1S/C23H26ClN3O5/c24-15-6-7-16-14(9-15)10-18(25-16)22(31)26-17(8-13-4-2-1-3-5-13)21(30)23(32)27-11-19(28)20(29)12-27/h1-7,9,17-21,25,28-30H,8,10-12H2,(H,26,31). The first-order valence-electron chi connectivity index (χ1n) is 10.5. The molecule has 0 aliphatic carbocycles. The molecule has 0 saturated carbocycles. The van der Waals surface area contributed by atoms with Crippen molar-refractivity contribution in [1.82, 2.24) is 10.2 Å². The van der Waals surface area contributed by atoms with E-state index in [-0.39, 0.29) is 25.4 Å². The second kappa shape index (κ2) is 9.46. The van der Waals surface area contributed by atoms with Gasteiger partial charge in [-0.05, 0) is 35.7 Å². The lowest BCUT2D eigenvalue weighted by atomic mass is 9.99. The number of nitrogens with zero attached hydrogens (tertiary/aromatic N) is 1. The van der Waals surface area contributed by atoms with Gasteiger partial charge in [0.1, 0.15) is 6.04 Å². The number of fused-ring (bicyclic) bond motifs is 1. The second-order valence-corrected chi connectivity index (χ2v) is 8.77.